The van der Waals surface area contributed by atoms with E-state index in [0.29, 0.717) is 0 Å². The molecule has 138 valence electrons. The molecule has 0 bridgehead atoms. The first kappa shape index (κ1) is 22.6. The van der Waals surface area contributed by atoms with Crippen LogP contribution >= 0.6 is 0 Å². The van der Waals surface area contributed by atoms with E-state index in [0.717, 1.165) is 24.2 Å². The zero-order chi connectivity index (χ0) is 18.0. The zero-order valence-corrected chi connectivity index (χ0v) is 16.3. The van der Waals surface area contributed by atoms with E-state index in [1.807, 2.05) is 12.1 Å². The van der Waals surface area contributed by atoms with Crippen LogP contribution in [0, 0.1) is 0 Å². The van der Waals surface area contributed by atoms with Gasteiger partial charge in [-0.05, 0) is 49.8 Å². The summed E-state index contributed by atoms with van der Waals surface area (Å²) in [7, 11) is 0. The summed E-state index contributed by atoms with van der Waals surface area (Å²) >= 11 is 0. The number of hydrogen-bond donors (Lipinski definition) is 2. The molecule has 0 aliphatic carbocycles. The minimum absolute atomic E-state index is 0.863. The number of unbranched alkanes of at least 4 members (excludes halogenated alkanes) is 6. The first-order chi connectivity index (χ1) is 11.6. The van der Waals surface area contributed by atoms with Crippen molar-refractivity contribution < 1.29 is 0 Å². The van der Waals surface area contributed by atoms with Crippen LogP contribution in [0.25, 0.3) is 0 Å². The number of hydrogen-bond acceptors (Lipinski definition) is 2. The maximum absolute atomic E-state index is 5.64. The van der Waals surface area contributed by atoms with E-state index in [1.54, 1.807) is 0 Å². The fourth-order valence-corrected chi connectivity index (χ4v) is 2.54. The molecule has 4 N–H and O–H groups in total. The predicted octanol–water partition coefficient (Wildman–Crippen LogP) is 6.60. The molecule has 2 nitrogen and oxygen atoms in total. The molecule has 1 aromatic rings. The van der Waals surface area contributed by atoms with Crippen LogP contribution in [-0.4, -0.2) is 0 Å². The highest BCUT2D eigenvalue weighted by atomic mass is 14.6. The van der Waals surface area contributed by atoms with Gasteiger partial charge in [0.15, 0.2) is 0 Å². The van der Waals surface area contributed by atoms with Gasteiger partial charge in [-0.15, -0.1) is 0 Å². The number of anilines is 1. The van der Waals surface area contributed by atoms with Gasteiger partial charge in [0.25, 0.3) is 0 Å². The van der Waals surface area contributed by atoms with Gasteiger partial charge in [-0.1, -0.05) is 77.5 Å². The van der Waals surface area contributed by atoms with Gasteiger partial charge < -0.3 is 11.5 Å². The minimum atomic E-state index is 0.863. The average molecular weight is 333 g/mol. The zero-order valence-electron chi connectivity index (χ0n) is 16.3. The van der Waals surface area contributed by atoms with Gasteiger partial charge in [-0.3, -0.25) is 0 Å². The largest absolute Gasteiger partial charge is 0.402 e. The topological polar surface area (TPSA) is 52.0 Å². The third kappa shape index (κ3) is 14.2. The number of benzene rings is 1. The first-order valence-electron chi connectivity index (χ1n) is 9.92. The Balaban J connectivity index is 0.000000506. The highest BCUT2D eigenvalue weighted by molar-refractivity contribution is 5.39. The van der Waals surface area contributed by atoms with Gasteiger partial charge in [0.2, 0.25) is 0 Å². The molecule has 1 aromatic carbocycles. The van der Waals surface area contributed by atoms with Crippen LogP contribution in [0.1, 0.15) is 90.5 Å². The highest BCUT2D eigenvalue weighted by Gasteiger charge is 1.94. The molecule has 0 unspecified atom stereocenters. The first-order valence-corrected chi connectivity index (χ1v) is 9.92. The van der Waals surface area contributed by atoms with Gasteiger partial charge in [-0.2, -0.15) is 0 Å². The van der Waals surface area contributed by atoms with Crippen LogP contribution < -0.4 is 11.5 Å². The maximum atomic E-state index is 5.64. The van der Waals surface area contributed by atoms with E-state index in [1.165, 1.54) is 63.4 Å². The molecule has 0 aromatic heterocycles. The highest BCUT2D eigenvalue weighted by Crippen LogP contribution is 2.11. The second-order valence-corrected chi connectivity index (χ2v) is 6.55. The molecular formula is C22H40N2. The molecule has 2 heteroatoms. The second kappa shape index (κ2) is 16.4. The predicted molar refractivity (Wildman–Crippen MR) is 110 cm³/mol. The van der Waals surface area contributed by atoms with Gasteiger partial charge >= 0.3 is 0 Å². The summed E-state index contributed by atoms with van der Waals surface area (Å²) in [5.41, 5.74) is 14.6. The molecule has 0 fully saturated rings. The van der Waals surface area contributed by atoms with E-state index in [4.69, 9.17) is 11.5 Å². The van der Waals surface area contributed by atoms with Crippen molar-refractivity contribution in [2.45, 2.75) is 91.4 Å². The standard InChI is InChI=1S/C14H23N.C8H17N/c1-2-3-4-5-6-7-8-13-9-11-14(15)12-10-13;1-3-5-7-8(9)6-4-2/h9-12H,2-8,15H2,1H3;6H,3-5,7,9H2,1-2H3. The van der Waals surface area contributed by atoms with E-state index in [-0.39, 0.29) is 0 Å². The summed E-state index contributed by atoms with van der Waals surface area (Å²) in [5, 5.41) is 0. The summed E-state index contributed by atoms with van der Waals surface area (Å²) in [6.45, 7) is 6.55. The van der Waals surface area contributed by atoms with Crippen molar-refractivity contribution in [2.75, 3.05) is 5.73 Å². The van der Waals surface area contributed by atoms with Crippen molar-refractivity contribution in [3.05, 3.63) is 41.6 Å². The van der Waals surface area contributed by atoms with Gasteiger partial charge in [0.05, 0.1) is 0 Å². The van der Waals surface area contributed by atoms with Crippen LogP contribution in [-0.2, 0) is 6.42 Å². The van der Waals surface area contributed by atoms with E-state index < -0.39 is 0 Å². The molecule has 0 radical (unpaired) electrons. The third-order valence-corrected chi connectivity index (χ3v) is 4.08. The smallest absolute Gasteiger partial charge is 0.0314 e. The van der Waals surface area contributed by atoms with Gasteiger partial charge in [0.1, 0.15) is 0 Å². The van der Waals surface area contributed by atoms with Gasteiger partial charge in [-0.25, -0.2) is 0 Å². The van der Waals surface area contributed by atoms with Crippen LogP contribution in [0.5, 0.6) is 0 Å². The van der Waals surface area contributed by atoms with Crippen LogP contribution in [0.3, 0.4) is 0 Å². The molecule has 0 atom stereocenters. The molecule has 1 rings (SSSR count). The Bertz CT molecular complexity index is 406. The maximum Gasteiger partial charge on any atom is 0.0314 e. The quantitative estimate of drug-likeness (QED) is 0.354. The Labute approximate surface area is 150 Å². The fourth-order valence-electron chi connectivity index (χ4n) is 2.54. The SMILES string of the molecule is CCC=C(N)CCCC.CCCCCCCCc1ccc(N)cc1. The number of nitrogens with two attached hydrogens (primary N) is 2. The van der Waals surface area contributed by atoms with Crippen LogP contribution in [0.15, 0.2) is 36.0 Å². The van der Waals surface area contributed by atoms with Crippen molar-refractivity contribution in [2.24, 2.45) is 5.73 Å². The van der Waals surface area contributed by atoms with E-state index in [2.05, 4.69) is 39.0 Å². The summed E-state index contributed by atoms with van der Waals surface area (Å²) < 4.78 is 0. The number of allylic oxidation sites excluding steroid dienone is 2. The summed E-state index contributed by atoms with van der Waals surface area (Å²) in [6.07, 6.45) is 16.1. The van der Waals surface area contributed by atoms with Crippen molar-refractivity contribution in [1.29, 1.82) is 0 Å². The Morgan fingerprint density at radius 2 is 1.42 bits per heavy atom. The Morgan fingerprint density at radius 1 is 0.833 bits per heavy atom. The minimum Gasteiger partial charge on any atom is -0.402 e. The van der Waals surface area contributed by atoms with Crippen molar-refractivity contribution in [3.8, 4) is 0 Å². The molecule has 0 saturated carbocycles. The summed E-state index contributed by atoms with van der Waals surface area (Å²) in [4.78, 5) is 0. The molecular weight excluding hydrogens is 292 g/mol. The third-order valence-electron chi connectivity index (χ3n) is 4.08. The number of rotatable bonds is 11. The summed E-state index contributed by atoms with van der Waals surface area (Å²) in [5.74, 6) is 0. The van der Waals surface area contributed by atoms with E-state index >= 15 is 0 Å². The molecule has 24 heavy (non-hydrogen) atoms. The molecule has 0 aliphatic heterocycles. The number of nitrogen functional groups attached to an aromatic ring is 1. The van der Waals surface area contributed by atoms with Crippen LogP contribution in [0.4, 0.5) is 5.69 Å². The lowest BCUT2D eigenvalue weighted by molar-refractivity contribution is 0.607. The summed E-state index contributed by atoms with van der Waals surface area (Å²) in [6, 6.07) is 8.27. The van der Waals surface area contributed by atoms with E-state index in [9.17, 15) is 0 Å². The Hall–Kier alpha value is -1.44. The lowest BCUT2D eigenvalue weighted by Gasteiger charge is -2.02. The van der Waals surface area contributed by atoms with Crippen molar-refractivity contribution in [3.63, 3.8) is 0 Å². The Morgan fingerprint density at radius 3 is 2.00 bits per heavy atom. The monoisotopic (exact) mass is 332 g/mol. The normalized spacial score (nSPS) is 11.0. The van der Waals surface area contributed by atoms with Crippen molar-refractivity contribution in [1.82, 2.24) is 0 Å². The van der Waals surface area contributed by atoms with Gasteiger partial charge in [0, 0.05) is 11.4 Å². The lowest BCUT2D eigenvalue weighted by atomic mass is 10.0. The second-order valence-electron chi connectivity index (χ2n) is 6.55. The van der Waals surface area contributed by atoms with Crippen molar-refractivity contribution >= 4 is 5.69 Å². The Kier molecular flexibility index (Phi) is 15.4. The molecule has 0 heterocycles. The fraction of sp³-hybridized carbons (Fsp3) is 0.636. The molecule has 0 spiro atoms. The molecule has 0 amide bonds. The lowest BCUT2D eigenvalue weighted by Crippen LogP contribution is -1.95. The average Bonchev–Trinajstić information content (AvgIpc) is 2.58. The number of aryl methyl sites for hydroxylation is 1. The van der Waals surface area contributed by atoms with Crippen LogP contribution in [0.2, 0.25) is 0 Å². The molecule has 0 saturated heterocycles. The molecule has 0 aliphatic rings.